The van der Waals surface area contributed by atoms with Crippen LogP contribution in [-0.4, -0.2) is 15.1 Å². The largest absolute Gasteiger partial charge is 0.493 e. The van der Waals surface area contributed by atoms with E-state index >= 15 is 0 Å². The maximum absolute atomic E-state index is 13.1. The van der Waals surface area contributed by atoms with Crippen LogP contribution in [0.25, 0.3) is 11.4 Å². The lowest BCUT2D eigenvalue weighted by atomic mass is 10.1. The Morgan fingerprint density at radius 2 is 1.89 bits per heavy atom. The van der Waals surface area contributed by atoms with E-state index in [-0.39, 0.29) is 17.0 Å². The van der Waals surface area contributed by atoms with E-state index in [1.54, 1.807) is 0 Å². The second-order valence-electron chi connectivity index (χ2n) is 4.12. The van der Waals surface area contributed by atoms with Crippen molar-refractivity contribution in [2.75, 3.05) is 0 Å². The van der Waals surface area contributed by atoms with Gasteiger partial charge in [-0.25, -0.2) is 8.78 Å². The third-order valence-corrected chi connectivity index (χ3v) is 2.63. The third-order valence-electron chi connectivity index (χ3n) is 2.63. The zero-order valence-corrected chi connectivity index (χ0v) is 10.2. The van der Waals surface area contributed by atoms with Crippen molar-refractivity contribution in [2.24, 2.45) is 0 Å². The van der Waals surface area contributed by atoms with Gasteiger partial charge in [0.2, 0.25) is 5.88 Å². The molecule has 2 N–H and O–H groups in total. The predicted octanol–water partition coefficient (Wildman–Crippen LogP) is 2.37. The fourth-order valence-corrected chi connectivity index (χ4v) is 1.79. The molecule has 0 bridgehead atoms. The van der Waals surface area contributed by atoms with E-state index in [1.165, 1.54) is 0 Å². The number of hydrogen-bond acceptors (Lipinski definition) is 3. The van der Waals surface area contributed by atoms with Crippen molar-refractivity contribution in [2.45, 2.75) is 19.8 Å². The fourth-order valence-electron chi connectivity index (χ4n) is 1.79. The topological polar surface area (TPSA) is 66.0 Å². The summed E-state index contributed by atoms with van der Waals surface area (Å²) in [4.78, 5) is 17.9. The van der Waals surface area contributed by atoms with Gasteiger partial charge >= 0.3 is 0 Å². The Balaban J connectivity index is 2.55. The summed E-state index contributed by atoms with van der Waals surface area (Å²) < 4.78 is 26.2. The molecule has 0 saturated heterocycles. The van der Waals surface area contributed by atoms with E-state index in [4.69, 9.17) is 0 Å². The van der Waals surface area contributed by atoms with Crippen LogP contribution in [0.4, 0.5) is 8.78 Å². The molecule has 1 aromatic heterocycles. The Morgan fingerprint density at radius 3 is 2.42 bits per heavy atom. The number of aromatic nitrogens is 2. The number of aromatic hydroxyl groups is 1. The summed E-state index contributed by atoms with van der Waals surface area (Å²) in [5.41, 5.74) is -0.273. The maximum atomic E-state index is 13.1. The minimum Gasteiger partial charge on any atom is -0.493 e. The molecule has 0 aliphatic heterocycles. The molecule has 0 radical (unpaired) electrons. The minimum absolute atomic E-state index is 0.0629. The molecule has 0 aliphatic carbocycles. The van der Waals surface area contributed by atoms with Crippen molar-refractivity contribution in [3.05, 3.63) is 45.8 Å². The second kappa shape index (κ2) is 5.17. The molecule has 2 aromatic rings. The zero-order valence-electron chi connectivity index (χ0n) is 10.2. The molecular weight excluding hydrogens is 254 g/mol. The van der Waals surface area contributed by atoms with Crippen LogP contribution in [0.15, 0.2) is 23.0 Å². The first-order valence-electron chi connectivity index (χ1n) is 5.80. The molecular formula is C13H12F2N2O2. The van der Waals surface area contributed by atoms with Crippen LogP contribution in [0.5, 0.6) is 5.88 Å². The lowest BCUT2D eigenvalue weighted by Gasteiger charge is -2.05. The SMILES string of the molecule is CCCc1c(O)nc(-c2cc(F)cc(F)c2)[nH]c1=O. The second-order valence-corrected chi connectivity index (χ2v) is 4.12. The first-order valence-corrected chi connectivity index (χ1v) is 5.80. The summed E-state index contributed by atoms with van der Waals surface area (Å²) in [6.45, 7) is 1.86. The van der Waals surface area contributed by atoms with Gasteiger partial charge < -0.3 is 10.1 Å². The lowest BCUT2D eigenvalue weighted by Crippen LogP contribution is -2.15. The van der Waals surface area contributed by atoms with Crippen LogP contribution in [0.2, 0.25) is 0 Å². The van der Waals surface area contributed by atoms with Crippen LogP contribution in [0.1, 0.15) is 18.9 Å². The smallest absolute Gasteiger partial charge is 0.258 e. The number of benzene rings is 1. The van der Waals surface area contributed by atoms with Gasteiger partial charge in [0.25, 0.3) is 5.56 Å². The predicted molar refractivity (Wildman–Crippen MR) is 65.9 cm³/mol. The zero-order chi connectivity index (χ0) is 14.0. The highest BCUT2D eigenvalue weighted by atomic mass is 19.1. The Morgan fingerprint density at radius 1 is 1.26 bits per heavy atom. The maximum Gasteiger partial charge on any atom is 0.258 e. The molecule has 6 heteroatoms. The van der Waals surface area contributed by atoms with Crippen molar-refractivity contribution in [1.82, 2.24) is 9.97 Å². The van der Waals surface area contributed by atoms with Gasteiger partial charge in [0.05, 0.1) is 5.56 Å². The first kappa shape index (κ1) is 13.2. The quantitative estimate of drug-likeness (QED) is 0.896. The number of aromatic amines is 1. The van der Waals surface area contributed by atoms with Gasteiger partial charge in [-0.2, -0.15) is 4.98 Å². The summed E-state index contributed by atoms with van der Waals surface area (Å²) >= 11 is 0. The molecule has 0 unspecified atom stereocenters. The Kier molecular flexibility index (Phi) is 3.59. The number of H-pyrrole nitrogens is 1. The van der Waals surface area contributed by atoms with Gasteiger partial charge in [-0.15, -0.1) is 0 Å². The summed E-state index contributed by atoms with van der Waals surface area (Å²) in [5.74, 6) is -2.05. The minimum atomic E-state index is -0.783. The van der Waals surface area contributed by atoms with Crippen LogP contribution in [0.3, 0.4) is 0 Å². The third kappa shape index (κ3) is 2.78. The van der Waals surface area contributed by atoms with E-state index in [0.29, 0.717) is 18.9 Å². The molecule has 4 nitrogen and oxygen atoms in total. The molecule has 0 atom stereocenters. The van der Waals surface area contributed by atoms with Gasteiger partial charge in [-0.05, 0) is 18.6 Å². The van der Waals surface area contributed by atoms with Gasteiger partial charge in [0, 0.05) is 11.6 Å². The van der Waals surface area contributed by atoms with Gasteiger partial charge in [0.1, 0.15) is 17.5 Å². The van der Waals surface area contributed by atoms with Gasteiger partial charge in [-0.3, -0.25) is 4.79 Å². The number of hydrogen-bond donors (Lipinski definition) is 2. The molecule has 1 aromatic carbocycles. The molecule has 0 saturated carbocycles. The highest BCUT2D eigenvalue weighted by Gasteiger charge is 2.12. The molecule has 19 heavy (non-hydrogen) atoms. The van der Waals surface area contributed by atoms with Crippen molar-refractivity contribution in [3.8, 4) is 17.3 Å². The van der Waals surface area contributed by atoms with Crippen LogP contribution in [-0.2, 0) is 6.42 Å². The van der Waals surface area contributed by atoms with Crippen LogP contribution >= 0.6 is 0 Å². The molecule has 1 heterocycles. The Bertz CT molecular complexity index is 648. The van der Waals surface area contributed by atoms with Crippen LogP contribution in [0, 0.1) is 11.6 Å². The van der Waals surface area contributed by atoms with Crippen LogP contribution < -0.4 is 5.56 Å². The average Bonchev–Trinajstić information content (AvgIpc) is 2.32. The normalized spacial score (nSPS) is 10.7. The van der Waals surface area contributed by atoms with Crippen molar-refractivity contribution in [3.63, 3.8) is 0 Å². The summed E-state index contributed by atoms with van der Waals surface area (Å²) in [5, 5.41) is 9.68. The van der Waals surface area contributed by atoms with E-state index < -0.39 is 23.1 Å². The van der Waals surface area contributed by atoms with E-state index in [2.05, 4.69) is 9.97 Å². The standard InChI is InChI=1S/C13H12F2N2O2/c1-2-3-10-12(18)16-11(17-13(10)19)7-4-8(14)6-9(15)5-7/h4-6H,2-3H2,1H3,(H2,16,17,18,19). The summed E-state index contributed by atoms with van der Waals surface area (Å²) in [6, 6.07) is 2.77. The van der Waals surface area contributed by atoms with Gasteiger partial charge in [0.15, 0.2) is 0 Å². The van der Waals surface area contributed by atoms with Crippen molar-refractivity contribution >= 4 is 0 Å². The Labute approximate surface area is 107 Å². The molecule has 0 fully saturated rings. The molecule has 0 spiro atoms. The number of nitrogens with one attached hydrogen (secondary N) is 1. The lowest BCUT2D eigenvalue weighted by molar-refractivity contribution is 0.443. The molecule has 0 amide bonds. The summed E-state index contributed by atoms with van der Waals surface area (Å²) in [7, 11) is 0. The monoisotopic (exact) mass is 266 g/mol. The number of nitrogens with zero attached hydrogens (tertiary/aromatic N) is 1. The molecule has 2 rings (SSSR count). The van der Waals surface area contributed by atoms with E-state index in [9.17, 15) is 18.7 Å². The van der Waals surface area contributed by atoms with Gasteiger partial charge in [-0.1, -0.05) is 13.3 Å². The highest BCUT2D eigenvalue weighted by Crippen LogP contribution is 2.20. The summed E-state index contributed by atoms with van der Waals surface area (Å²) in [6.07, 6.45) is 1.05. The molecule has 0 aliphatic rings. The van der Waals surface area contributed by atoms with Crippen molar-refractivity contribution < 1.29 is 13.9 Å². The number of rotatable bonds is 3. The first-order chi connectivity index (χ1) is 9.01. The Hall–Kier alpha value is -2.24. The highest BCUT2D eigenvalue weighted by molar-refractivity contribution is 5.55. The van der Waals surface area contributed by atoms with Crippen molar-refractivity contribution in [1.29, 1.82) is 0 Å². The van der Waals surface area contributed by atoms with E-state index in [0.717, 1.165) is 12.1 Å². The average molecular weight is 266 g/mol. The number of halogens is 2. The molecule has 100 valence electrons. The fraction of sp³-hybridized carbons (Fsp3) is 0.231. The van der Waals surface area contributed by atoms with E-state index in [1.807, 2.05) is 6.92 Å².